The Morgan fingerprint density at radius 1 is 1.18 bits per heavy atom. The van der Waals surface area contributed by atoms with Gasteiger partial charge in [-0.15, -0.1) is 0 Å². The highest BCUT2D eigenvalue weighted by Crippen LogP contribution is 2.33. The van der Waals surface area contributed by atoms with Crippen LogP contribution in [-0.4, -0.2) is 75.6 Å². The zero-order valence-electron chi connectivity index (χ0n) is 21.4. The first-order valence-corrected chi connectivity index (χ1v) is 13.0. The van der Waals surface area contributed by atoms with Crippen LogP contribution in [0.15, 0.2) is 42.9 Å². The van der Waals surface area contributed by atoms with Gasteiger partial charge in [0.2, 0.25) is 11.8 Å². The summed E-state index contributed by atoms with van der Waals surface area (Å²) in [6.45, 7) is 8.02. The lowest BCUT2D eigenvalue weighted by Crippen LogP contribution is -2.51. The number of rotatable bonds is 8. The number of nitrogens with zero attached hydrogens (tertiary/aromatic N) is 4. The Kier molecular flexibility index (Phi) is 7.28. The number of hydrogen-bond donors (Lipinski definition) is 2. The molecule has 2 saturated heterocycles. The second-order valence-corrected chi connectivity index (χ2v) is 9.79. The predicted octanol–water partition coefficient (Wildman–Crippen LogP) is 2.08. The van der Waals surface area contributed by atoms with Gasteiger partial charge in [-0.05, 0) is 44.7 Å². The van der Waals surface area contributed by atoms with Crippen LogP contribution >= 0.6 is 0 Å². The fraction of sp³-hybridized carbons (Fsp3) is 0.444. The predicted molar refractivity (Wildman–Crippen MR) is 138 cm³/mol. The van der Waals surface area contributed by atoms with Crippen LogP contribution in [0, 0.1) is 0 Å². The molecule has 1 atom stereocenters. The zero-order chi connectivity index (χ0) is 26.8. The van der Waals surface area contributed by atoms with E-state index in [1.54, 1.807) is 24.4 Å². The van der Waals surface area contributed by atoms with Gasteiger partial charge in [0.15, 0.2) is 0 Å². The van der Waals surface area contributed by atoms with Gasteiger partial charge in [0.05, 0.1) is 23.4 Å². The molecule has 11 heteroatoms. The molecular formula is C27H32N6O5. The van der Waals surface area contributed by atoms with E-state index in [2.05, 4.69) is 22.3 Å². The third-order valence-corrected chi connectivity index (χ3v) is 7.34. The lowest BCUT2D eigenvalue weighted by molar-refractivity contribution is -0.137. The van der Waals surface area contributed by atoms with E-state index in [4.69, 9.17) is 4.74 Å². The van der Waals surface area contributed by atoms with E-state index in [0.29, 0.717) is 56.0 Å². The van der Waals surface area contributed by atoms with Crippen LogP contribution in [0.25, 0.3) is 0 Å². The van der Waals surface area contributed by atoms with Crippen molar-refractivity contribution >= 4 is 29.3 Å². The molecule has 0 saturated carbocycles. The van der Waals surface area contributed by atoms with Crippen molar-refractivity contribution in [2.75, 3.05) is 31.6 Å². The number of anilines is 1. The monoisotopic (exact) mass is 520 g/mol. The van der Waals surface area contributed by atoms with Gasteiger partial charge >= 0.3 is 0 Å². The number of ether oxygens (including phenoxy) is 1. The largest absolute Gasteiger partial charge is 0.380 e. The summed E-state index contributed by atoms with van der Waals surface area (Å²) in [5.74, 6) is -1.29. The number of nitrogens with one attached hydrogen (secondary N) is 2. The van der Waals surface area contributed by atoms with E-state index < -0.39 is 17.9 Å². The number of piperidine rings is 2. The van der Waals surface area contributed by atoms with E-state index in [9.17, 15) is 19.2 Å². The maximum absolute atomic E-state index is 13.3. The number of aromatic nitrogens is 2. The number of hydrogen-bond acceptors (Lipinski definition) is 7. The summed E-state index contributed by atoms with van der Waals surface area (Å²) in [4.78, 5) is 54.0. The van der Waals surface area contributed by atoms with Crippen LogP contribution in [0.2, 0.25) is 0 Å². The van der Waals surface area contributed by atoms with E-state index in [1.807, 2.05) is 22.7 Å². The van der Waals surface area contributed by atoms with Crippen LogP contribution in [0.4, 0.5) is 5.69 Å². The quantitative estimate of drug-likeness (QED) is 0.511. The first-order valence-electron chi connectivity index (χ1n) is 13.0. The van der Waals surface area contributed by atoms with E-state index >= 15 is 0 Å². The van der Waals surface area contributed by atoms with Gasteiger partial charge in [0.1, 0.15) is 12.6 Å². The number of carbonyl (C=O) groups is 4. The Bertz CT molecular complexity index is 1280. The lowest BCUT2D eigenvalue weighted by Gasteiger charge is -2.32. The minimum absolute atomic E-state index is 0.0206. The molecular weight excluding hydrogens is 488 g/mol. The highest BCUT2D eigenvalue weighted by atomic mass is 16.5. The average Bonchev–Trinajstić information content (AvgIpc) is 3.49. The summed E-state index contributed by atoms with van der Waals surface area (Å²) in [6, 6.07) is 4.45. The van der Waals surface area contributed by atoms with Crippen LogP contribution < -0.4 is 10.6 Å². The highest BCUT2D eigenvalue weighted by Gasteiger charge is 2.45. The molecule has 1 unspecified atom stereocenters. The lowest BCUT2D eigenvalue weighted by atomic mass is 10.0. The van der Waals surface area contributed by atoms with Crippen LogP contribution in [0.1, 0.15) is 64.9 Å². The molecule has 4 heterocycles. The maximum Gasteiger partial charge on any atom is 0.264 e. The number of likely N-dealkylation sites (tertiary alicyclic amines) is 1. The second-order valence-electron chi connectivity index (χ2n) is 9.79. The van der Waals surface area contributed by atoms with Gasteiger partial charge in [-0.2, -0.15) is 5.10 Å². The Morgan fingerprint density at radius 3 is 2.71 bits per heavy atom. The summed E-state index contributed by atoms with van der Waals surface area (Å²) in [7, 11) is 0. The van der Waals surface area contributed by atoms with Crippen molar-refractivity contribution in [1.82, 2.24) is 24.9 Å². The average molecular weight is 521 g/mol. The number of benzene rings is 1. The molecule has 1 aromatic heterocycles. The maximum atomic E-state index is 13.3. The third-order valence-electron chi connectivity index (χ3n) is 7.34. The van der Waals surface area contributed by atoms with E-state index in [-0.39, 0.29) is 30.0 Å². The number of amides is 4. The number of carbonyl (C=O) groups excluding carboxylic acids is 4. The normalized spacial score (nSPS) is 20.1. The summed E-state index contributed by atoms with van der Waals surface area (Å²) >= 11 is 0. The van der Waals surface area contributed by atoms with Gasteiger partial charge in [-0.25, -0.2) is 0 Å². The standard InChI is InChI=1S/C27H32N6O5/c1-3-38-16-23(34)31-11-9-19(10-12-31)32-15-18(14-29-32)13-28-21-6-4-5-20-24(21)27(37)33(26(20)36)22-8-7-17(2)30-25(22)35/h4-6,14-15,19,22,28H,2-3,7-13,16H2,1H3,(H,30,35). The molecule has 0 spiro atoms. The topological polar surface area (TPSA) is 126 Å². The molecule has 5 rings (SSSR count). The minimum atomic E-state index is -0.847. The Labute approximate surface area is 220 Å². The molecule has 3 aliphatic heterocycles. The molecule has 1 aromatic carbocycles. The smallest absolute Gasteiger partial charge is 0.264 e. The fourth-order valence-corrected chi connectivity index (χ4v) is 5.27. The summed E-state index contributed by atoms with van der Waals surface area (Å²) in [6.07, 6.45) is 6.25. The summed E-state index contributed by atoms with van der Waals surface area (Å²) in [5, 5.41) is 10.5. The summed E-state index contributed by atoms with van der Waals surface area (Å²) in [5.41, 5.74) is 2.63. The first-order chi connectivity index (χ1) is 18.4. The molecule has 2 N–H and O–H groups in total. The fourth-order valence-electron chi connectivity index (χ4n) is 5.27. The number of imide groups is 1. The third kappa shape index (κ3) is 4.93. The zero-order valence-corrected chi connectivity index (χ0v) is 21.4. The Balaban J connectivity index is 1.22. The molecule has 200 valence electrons. The van der Waals surface area contributed by atoms with Crippen LogP contribution in [0.5, 0.6) is 0 Å². The molecule has 0 aliphatic carbocycles. The van der Waals surface area contributed by atoms with Crippen molar-refractivity contribution in [3.63, 3.8) is 0 Å². The summed E-state index contributed by atoms with van der Waals surface area (Å²) < 4.78 is 7.17. The van der Waals surface area contributed by atoms with Crippen molar-refractivity contribution in [3.8, 4) is 0 Å². The number of allylic oxidation sites excluding steroid dienone is 1. The highest BCUT2D eigenvalue weighted by molar-refractivity contribution is 6.25. The van der Waals surface area contributed by atoms with E-state index in [0.717, 1.165) is 23.3 Å². The SMILES string of the molecule is C=C1CCC(N2C(=O)c3cccc(NCc4cnn(C5CCN(C(=O)COCC)CC5)c4)c3C2=O)C(=O)N1. The van der Waals surface area contributed by atoms with Crippen molar-refractivity contribution in [3.05, 3.63) is 59.6 Å². The molecule has 11 nitrogen and oxygen atoms in total. The molecule has 2 fully saturated rings. The van der Waals surface area contributed by atoms with Crippen LogP contribution in [-0.2, 0) is 20.9 Å². The first kappa shape index (κ1) is 25.7. The van der Waals surface area contributed by atoms with Gasteiger partial charge in [0.25, 0.3) is 11.8 Å². The Morgan fingerprint density at radius 2 is 1.97 bits per heavy atom. The molecule has 38 heavy (non-hydrogen) atoms. The second kappa shape index (κ2) is 10.8. The van der Waals surface area contributed by atoms with Crippen molar-refractivity contribution in [2.24, 2.45) is 0 Å². The van der Waals surface area contributed by atoms with Crippen molar-refractivity contribution in [1.29, 1.82) is 0 Å². The van der Waals surface area contributed by atoms with Crippen LogP contribution in [0.3, 0.4) is 0 Å². The minimum Gasteiger partial charge on any atom is -0.380 e. The molecule has 0 radical (unpaired) electrons. The molecule has 3 aliphatic rings. The van der Waals surface area contributed by atoms with Crippen molar-refractivity contribution < 1.29 is 23.9 Å². The van der Waals surface area contributed by atoms with Gasteiger partial charge < -0.3 is 20.3 Å². The molecule has 2 aromatic rings. The number of fused-ring (bicyclic) bond motifs is 1. The van der Waals surface area contributed by atoms with Gasteiger partial charge in [-0.1, -0.05) is 12.6 Å². The van der Waals surface area contributed by atoms with Crippen molar-refractivity contribution in [2.45, 2.75) is 51.2 Å². The molecule has 4 amide bonds. The Hall–Kier alpha value is -3.99. The molecule has 0 bridgehead atoms. The van der Waals surface area contributed by atoms with Gasteiger partial charge in [-0.3, -0.25) is 28.8 Å². The van der Waals surface area contributed by atoms with E-state index in [1.165, 1.54) is 0 Å². The van der Waals surface area contributed by atoms with Gasteiger partial charge in [0, 0.05) is 49.4 Å².